The summed E-state index contributed by atoms with van der Waals surface area (Å²) in [4.78, 5) is 3.49. The van der Waals surface area contributed by atoms with Gasteiger partial charge in [0.05, 0.1) is 12.1 Å². The van der Waals surface area contributed by atoms with Crippen molar-refractivity contribution >= 4 is 67.4 Å². The number of aromatic nitrogens is 1. The highest BCUT2D eigenvalue weighted by Gasteiger charge is 2.12. The first-order valence-corrected chi connectivity index (χ1v) is 10.2. The summed E-state index contributed by atoms with van der Waals surface area (Å²) in [5.74, 6) is 0.823. The third kappa shape index (κ3) is 4.00. The van der Waals surface area contributed by atoms with Gasteiger partial charge in [-0.15, -0.1) is 0 Å². The summed E-state index contributed by atoms with van der Waals surface area (Å²) < 4.78 is 7.24. The summed E-state index contributed by atoms with van der Waals surface area (Å²) in [6, 6.07) is 18.2. The summed E-state index contributed by atoms with van der Waals surface area (Å²) in [7, 11) is 0. The highest BCUT2D eigenvalue weighted by atomic mass is 127. The van der Waals surface area contributed by atoms with Gasteiger partial charge in [0, 0.05) is 42.3 Å². The minimum Gasteiger partial charge on any atom is -0.491 e. The van der Waals surface area contributed by atoms with Crippen LogP contribution < -0.4 is 15.8 Å². The van der Waals surface area contributed by atoms with Crippen molar-refractivity contribution in [2.45, 2.75) is 6.42 Å². The van der Waals surface area contributed by atoms with Crippen LogP contribution in [0, 0.1) is 3.57 Å². The smallest absolute Gasteiger partial charge is 0.145 e. The molecule has 1 heterocycles. The molecule has 0 spiro atoms. The Kier molecular flexibility index (Phi) is 5.43. The van der Waals surface area contributed by atoms with E-state index in [1.807, 2.05) is 30.3 Å². The van der Waals surface area contributed by atoms with Gasteiger partial charge in [-0.1, -0.05) is 11.6 Å². The van der Waals surface area contributed by atoms with E-state index in [-0.39, 0.29) is 0 Å². The molecule has 0 saturated carbocycles. The number of H-pyrrole nitrogens is 1. The lowest BCUT2D eigenvalue weighted by atomic mass is 10.1. The van der Waals surface area contributed by atoms with E-state index >= 15 is 0 Å². The van der Waals surface area contributed by atoms with Crippen molar-refractivity contribution < 1.29 is 4.74 Å². The molecule has 0 bridgehead atoms. The van der Waals surface area contributed by atoms with Crippen molar-refractivity contribution in [3.8, 4) is 5.75 Å². The SMILES string of the molecule is NCCCOc1cc(Nc2ccc(Cl)cc2)cc2c1[nH]c1ccc(I)cc12. The van der Waals surface area contributed by atoms with Gasteiger partial charge >= 0.3 is 0 Å². The minimum absolute atomic E-state index is 0.586. The standard InChI is InChI=1S/C21H19ClIN3O/c22-13-2-5-15(6-3-13)25-16-11-18-17-10-14(23)4-7-19(17)26-21(18)20(12-16)27-9-1-8-24/h2-7,10-12,25-26H,1,8-9,24H2. The third-order valence-electron chi connectivity index (χ3n) is 4.37. The van der Waals surface area contributed by atoms with Crippen molar-refractivity contribution in [2.24, 2.45) is 5.73 Å². The predicted molar refractivity (Wildman–Crippen MR) is 122 cm³/mol. The molecule has 0 fully saturated rings. The molecule has 0 aliphatic rings. The Bertz CT molecular complexity index is 1090. The van der Waals surface area contributed by atoms with Crippen LogP contribution in [0.1, 0.15) is 6.42 Å². The van der Waals surface area contributed by atoms with Crippen LogP contribution in [0.25, 0.3) is 21.8 Å². The zero-order chi connectivity index (χ0) is 18.8. The van der Waals surface area contributed by atoms with Crippen molar-refractivity contribution in [1.29, 1.82) is 0 Å². The molecule has 3 aromatic carbocycles. The first-order valence-electron chi connectivity index (χ1n) is 8.74. The van der Waals surface area contributed by atoms with Crippen LogP contribution in [0.3, 0.4) is 0 Å². The van der Waals surface area contributed by atoms with Gasteiger partial charge in [-0.3, -0.25) is 0 Å². The van der Waals surface area contributed by atoms with Crippen LogP contribution in [0.4, 0.5) is 11.4 Å². The number of nitrogens with one attached hydrogen (secondary N) is 2. The molecule has 4 rings (SSSR count). The van der Waals surface area contributed by atoms with Crippen molar-refractivity contribution in [3.63, 3.8) is 0 Å². The molecule has 1 aromatic heterocycles. The van der Waals surface area contributed by atoms with E-state index in [0.717, 1.165) is 40.0 Å². The molecule has 4 N–H and O–H groups in total. The van der Waals surface area contributed by atoms with Gasteiger partial charge < -0.3 is 20.8 Å². The van der Waals surface area contributed by atoms with Crippen LogP contribution >= 0.6 is 34.2 Å². The van der Waals surface area contributed by atoms with E-state index in [1.54, 1.807) is 0 Å². The Labute approximate surface area is 176 Å². The highest BCUT2D eigenvalue weighted by Crippen LogP contribution is 2.36. The summed E-state index contributed by atoms with van der Waals surface area (Å²) in [5.41, 5.74) is 9.65. The number of hydrogen-bond acceptors (Lipinski definition) is 3. The van der Waals surface area contributed by atoms with E-state index < -0.39 is 0 Å². The molecule has 138 valence electrons. The predicted octanol–water partition coefficient (Wildman–Crippen LogP) is 6.05. The fraction of sp³-hybridized carbons (Fsp3) is 0.143. The zero-order valence-electron chi connectivity index (χ0n) is 14.6. The number of hydrogen-bond donors (Lipinski definition) is 3. The second-order valence-corrected chi connectivity index (χ2v) is 8.02. The number of ether oxygens (including phenoxy) is 1. The Hall–Kier alpha value is -1.96. The number of nitrogens with two attached hydrogens (primary N) is 1. The van der Waals surface area contributed by atoms with Gasteiger partial charge in [0.15, 0.2) is 0 Å². The molecule has 0 amide bonds. The molecule has 0 atom stereocenters. The molecule has 27 heavy (non-hydrogen) atoms. The maximum Gasteiger partial charge on any atom is 0.145 e. The molecule has 0 saturated heterocycles. The average molecular weight is 492 g/mol. The molecular formula is C21H19ClIN3O. The third-order valence-corrected chi connectivity index (χ3v) is 5.30. The first-order chi connectivity index (χ1) is 13.1. The largest absolute Gasteiger partial charge is 0.491 e. The molecule has 0 radical (unpaired) electrons. The topological polar surface area (TPSA) is 63.1 Å². The fourth-order valence-corrected chi connectivity index (χ4v) is 3.71. The van der Waals surface area contributed by atoms with Crippen LogP contribution in [-0.2, 0) is 0 Å². The number of fused-ring (bicyclic) bond motifs is 3. The minimum atomic E-state index is 0.586. The molecule has 0 unspecified atom stereocenters. The fourth-order valence-electron chi connectivity index (χ4n) is 3.09. The lowest BCUT2D eigenvalue weighted by Crippen LogP contribution is -2.06. The first kappa shape index (κ1) is 18.4. The number of aromatic amines is 1. The molecule has 0 aliphatic carbocycles. The van der Waals surface area contributed by atoms with E-state index in [2.05, 4.69) is 57.2 Å². The van der Waals surface area contributed by atoms with Crippen LogP contribution in [0.5, 0.6) is 5.75 Å². The van der Waals surface area contributed by atoms with Crippen molar-refractivity contribution in [3.05, 3.63) is 63.2 Å². The number of rotatable bonds is 6. The molecule has 0 aliphatic heterocycles. The highest BCUT2D eigenvalue weighted by molar-refractivity contribution is 14.1. The Morgan fingerprint density at radius 3 is 2.59 bits per heavy atom. The van der Waals surface area contributed by atoms with Gasteiger partial charge in [-0.25, -0.2) is 0 Å². The molecule has 6 heteroatoms. The lowest BCUT2D eigenvalue weighted by molar-refractivity contribution is 0.316. The second-order valence-electron chi connectivity index (χ2n) is 6.33. The van der Waals surface area contributed by atoms with Gasteiger partial charge in [0.1, 0.15) is 5.75 Å². The zero-order valence-corrected chi connectivity index (χ0v) is 17.5. The van der Waals surface area contributed by atoms with E-state index in [4.69, 9.17) is 22.1 Å². The quantitative estimate of drug-likeness (QED) is 0.227. The normalized spacial score (nSPS) is 11.2. The Morgan fingerprint density at radius 1 is 1.00 bits per heavy atom. The Balaban J connectivity index is 1.81. The van der Waals surface area contributed by atoms with Crippen LogP contribution in [0.2, 0.25) is 5.02 Å². The number of benzene rings is 3. The average Bonchev–Trinajstić information content (AvgIpc) is 3.02. The number of halogens is 2. The summed E-state index contributed by atoms with van der Waals surface area (Å²) in [5, 5.41) is 6.47. The van der Waals surface area contributed by atoms with Crippen LogP contribution in [-0.4, -0.2) is 18.1 Å². The molecular weight excluding hydrogens is 473 g/mol. The molecule has 4 nitrogen and oxygen atoms in total. The van der Waals surface area contributed by atoms with Crippen LogP contribution in [0.15, 0.2) is 54.6 Å². The second kappa shape index (κ2) is 7.96. The van der Waals surface area contributed by atoms with E-state index in [9.17, 15) is 0 Å². The summed E-state index contributed by atoms with van der Waals surface area (Å²) >= 11 is 8.33. The van der Waals surface area contributed by atoms with Gasteiger partial charge in [0.2, 0.25) is 0 Å². The van der Waals surface area contributed by atoms with Gasteiger partial charge in [-0.05, 0) is 84.1 Å². The van der Waals surface area contributed by atoms with E-state index in [0.29, 0.717) is 18.2 Å². The lowest BCUT2D eigenvalue weighted by Gasteiger charge is -2.12. The molecule has 4 aromatic rings. The maximum atomic E-state index is 6.04. The van der Waals surface area contributed by atoms with E-state index in [1.165, 1.54) is 8.96 Å². The van der Waals surface area contributed by atoms with Gasteiger partial charge in [0.25, 0.3) is 0 Å². The van der Waals surface area contributed by atoms with Crippen molar-refractivity contribution in [1.82, 2.24) is 4.98 Å². The summed E-state index contributed by atoms with van der Waals surface area (Å²) in [6.07, 6.45) is 0.814. The van der Waals surface area contributed by atoms with Crippen molar-refractivity contribution in [2.75, 3.05) is 18.5 Å². The number of anilines is 2. The summed E-state index contributed by atoms with van der Waals surface area (Å²) in [6.45, 7) is 1.19. The maximum absolute atomic E-state index is 6.04. The monoisotopic (exact) mass is 491 g/mol. The Morgan fingerprint density at radius 2 is 1.81 bits per heavy atom. The van der Waals surface area contributed by atoms with Gasteiger partial charge in [-0.2, -0.15) is 0 Å².